The number of para-hydroxylation sites is 1. The summed E-state index contributed by atoms with van der Waals surface area (Å²) in [5.74, 6) is 0.431. The van der Waals surface area contributed by atoms with Gasteiger partial charge in [-0.25, -0.2) is 0 Å². The summed E-state index contributed by atoms with van der Waals surface area (Å²) < 4.78 is 5.39. The number of halogens is 1. The first-order valence-corrected chi connectivity index (χ1v) is 7.73. The van der Waals surface area contributed by atoms with Gasteiger partial charge >= 0.3 is 0 Å². The number of aromatic nitrogens is 2. The molecular weight excluding hydrogens is 326 g/mol. The number of nitrogens with zero attached hydrogens (tertiary/aromatic N) is 1. The summed E-state index contributed by atoms with van der Waals surface area (Å²) in [4.78, 5) is 12.5. The molecule has 0 aliphatic carbocycles. The predicted molar refractivity (Wildman–Crippen MR) is 94.7 cm³/mol. The van der Waals surface area contributed by atoms with Gasteiger partial charge < -0.3 is 10.1 Å². The van der Waals surface area contributed by atoms with Gasteiger partial charge in [0.05, 0.1) is 18.5 Å². The SMILES string of the molecule is COc1ccccc1-c1n[nH]c(C)c1NC(=O)c1cccc(Cl)c1. The quantitative estimate of drug-likeness (QED) is 0.743. The van der Waals surface area contributed by atoms with Crippen molar-refractivity contribution in [2.45, 2.75) is 6.92 Å². The van der Waals surface area contributed by atoms with E-state index in [1.54, 1.807) is 31.4 Å². The first kappa shape index (κ1) is 16.1. The summed E-state index contributed by atoms with van der Waals surface area (Å²) in [5, 5.41) is 10.6. The molecule has 0 saturated carbocycles. The zero-order chi connectivity index (χ0) is 17.1. The highest BCUT2D eigenvalue weighted by Gasteiger charge is 2.18. The molecule has 0 saturated heterocycles. The molecule has 1 heterocycles. The molecule has 1 amide bonds. The number of rotatable bonds is 4. The highest BCUT2D eigenvalue weighted by Crippen LogP contribution is 2.35. The largest absolute Gasteiger partial charge is 0.496 e. The van der Waals surface area contributed by atoms with Gasteiger partial charge in [-0.15, -0.1) is 0 Å². The van der Waals surface area contributed by atoms with Crippen molar-refractivity contribution in [3.8, 4) is 17.0 Å². The minimum Gasteiger partial charge on any atom is -0.496 e. The molecule has 2 N–H and O–H groups in total. The fourth-order valence-corrected chi connectivity index (χ4v) is 2.62. The number of aryl methyl sites for hydroxylation is 1. The Balaban J connectivity index is 1.98. The summed E-state index contributed by atoms with van der Waals surface area (Å²) in [6.07, 6.45) is 0. The summed E-state index contributed by atoms with van der Waals surface area (Å²) in [5.41, 5.74) is 3.27. The Morgan fingerprint density at radius 1 is 1.21 bits per heavy atom. The average Bonchev–Trinajstić information content (AvgIpc) is 2.95. The molecule has 6 heteroatoms. The van der Waals surface area contributed by atoms with E-state index in [2.05, 4.69) is 15.5 Å². The Kier molecular flexibility index (Phi) is 4.53. The fourth-order valence-electron chi connectivity index (χ4n) is 2.43. The van der Waals surface area contributed by atoms with Crippen LogP contribution in [0, 0.1) is 6.92 Å². The van der Waals surface area contributed by atoms with Crippen LogP contribution in [0.5, 0.6) is 5.75 Å². The first-order valence-electron chi connectivity index (χ1n) is 7.35. The Bertz CT molecular complexity index is 889. The maximum Gasteiger partial charge on any atom is 0.255 e. The minimum absolute atomic E-state index is 0.252. The topological polar surface area (TPSA) is 67.0 Å². The number of benzene rings is 2. The van der Waals surface area contributed by atoms with Crippen LogP contribution in [0.25, 0.3) is 11.3 Å². The van der Waals surface area contributed by atoms with Crippen LogP contribution in [-0.4, -0.2) is 23.2 Å². The number of aromatic amines is 1. The number of carbonyl (C=O) groups excluding carboxylic acids is 1. The summed E-state index contributed by atoms with van der Waals surface area (Å²) >= 11 is 5.95. The molecule has 3 aromatic rings. The second-order valence-corrected chi connectivity index (χ2v) is 5.67. The van der Waals surface area contributed by atoms with Crippen LogP contribution in [0.4, 0.5) is 5.69 Å². The molecule has 0 unspecified atom stereocenters. The molecule has 0 bridgehead atoms. The van der Waals surface area contributed by atoms with Gasteiger partial charge in [0.2, 0.25) is 0 Å². The van der Waals surface area contributed by atoms with Gasteiger partial charge in [-0.2, -0.15) is 5.10 Å². The molecule has 0 radical (unpaired) electrons. The van der Waals surface area contributed by atoms with E-state index in [1.165, 1.54) is 0 Å². The van der Waals surface area contributed by atoms with Crippen LogP contribution in [0.2, 0.25) is 5.02 Å². The molecular formula is C18H16ClN3O2. The van der Waals surface area contributed by atoms with Crippen molar-refractivity contribution < 1.29 is 9.53 Å². The van der Waals surface area contributed by atoms with Gasteiger partial charge in [0.15, 0.2) is 0 Å². The fraction of sp³-hybridized carbons (Fsp3) is 0.111. The maximum absolute atomic E-state index is 12.5. The van der Waals surface area contributed by atoms with Crippen molar-refractivity contribution >= 4 is 23.2 Å². The van der Waals surface area contributed by atoms with Gasteiger partial charge in [-0.1, -0.05) is 29.8 Å². The molecule has 1 aromatic heterocycles. The van der Waals surface area contributed by atoms with Crippen molar-refractivity contribution in [1.82, 2.24) is 10.2 Å². The van der Waals surface area contributed by atoms with Crippen LogP contribution in [0.3, 0.4) is 0 Å². The van der Waals surface area contributed by atoms with E-state index in [-0.39, 0.29) is 5.91 Å². The van der Waals surface area contributed by atoms with Crippen molar-refractivity contribution in [3.05, 3.63) is 64.8 Å². The first-order chi connectivity index (χ1) is 11.6. The standard InChI is InChI=1S/C18H16ClN3O2/c1-11-16(20-18(23)12-6-5-7-13(19)10-12)17(22-21-11)14-8-3-4-9-15(14)24-2/h3-10H,1-2H3,(H,20,23)(H,21,22). The monoisotopic (exact) mass is 341 g/mol. The summed E-state index contributed by atoms with van der Waals surface area (Å²) in [7, 11) is 1.60. The van der Waals surface area contributed by atoms with Gasteiger partial charge in [0.25, 0.3) is 5.91 Å². The van der Waals surface area contributed by atoms with Crippen LogP contribution < -0.4 is 10.1 Å². The molecule has 2 aromatic carbocycles. The summed E-state index contributed by atoms with van der Waals surface area (Å²) in [6.45, 7) is 1.85. The number of ether oxygens (including phenoxy) is 1. The van der Waals surface area contributed by atoms with Gasteiger partial charge in [-0.3, -0.25) is 9.89 Å². The van der Waals surface area contributed by atoms with E-state index in [0.717, 1.165) is 11.3 Å². The van der Waals surface area contributed by atoms with E-state index in [4.69, 9.17) is 16.3 Å². The lowest BCUT2D eigenvalue weighted by Gasteiger charge is -2.10. The molecule has 3 rings (SSSR count). The highest BCUT2D eigenvalue weighted by atomic mass is 35.5. The number of H-pyrrole nitrogens is 1. The Morgan fingerprint density at radius 2 is 2.00 bits per heavy atom. The second-order valence-electron chi connectivity index (χ2n) is 5.24. The third kappa shape index (κ3) is 3.12. The number of carbonyl (C=O) groups is 1. The molecule has 0 aliphatic rings. The third-order valence-electron chi connectivity index (χ3n) is 3.63. The van der Waals surface area contributed by atoms with Crippen LogP contribution in [0.1, 0.15) is 16.1 Å². The Hall–Kier alpha value is -2.79. The lowest BCUT2D eigenvalue weighted by atomic mass is 10.1. The molecule has 0 spiro atoms. The Morgan fingerprint density at radius 3 is 2.75 bits per heavy atom. The van der Waals surface area contributed by atoms with Crippen molar-refractivity contribution in [2.24, 2.45) is 0 Å². The van der Waals surface area contributed by atoms with E-state index in [9.17, 15) is 4.79 Å². The number of amides is 1. The number of hydrogen-bond donors (Lipinski definition) is 2. The molecule has 0 fully saturated rings. The minimum atomic E-state index is -0.252. The highest BCUT2D eigenvalue weighted by molar-refractivity contribution is 6.31. The van der Waals surface area contributed by atoms with Crippen molar-refractivity contribution in [3.63, 3.8) is 0 Å². The Labute approximate surface area is 144 Å². The van der Waals surface area contributed by atoms with E-state index in [0.29, 0.717) is 27.7 Å². The number of methoxy groups -OCH3 is 1. The maximum atomic E-state index is 12.5. The zero-order valence-corrected chi connectivity index (χ0v) is 14.0. The lowest BCUT2D eigenvalue weighted by Crippen LogP contribution is -2.12. The zero-order valence-electron chi connectivity index (χ0n) is 13.3. The lowest BCUT2D eigenvalue weighted by molar-refractivity contribution is 0.102. The average molecular weight is 342 g/mol. The summed E-state index contributed by atoms with van der Waals surface area (Å²) in [6, 6.07) is 14.3. The van der Waals surface area contributed by atoms with E-state index >= 15 is 0 Å². The second kappa shape index (κ2) is 6.76. The van der Waals surface area contributed by atoms with Crippen LogP contribution in [-0.2, 0) is 0 Å². The normalized spacial score (nSPS) is 10.5. The van der Waals surface area contributed by atoms with Gasteiger partial charge in [0.1, 0.15) is 11.4 Å². The van der Waals surface area contributed by atoms with Gasteiger partial charge in [-0.05, 0) is 37.3 Å². The van der Waals surface area contributed by atoms with Crippen molar-refractivity contribution in [2.75, 3.05) is 12.4 Å². The molecule has 0 aliphatic heterocycles. The van der Waals surface area contributed by atoms with Gasteiger partial charge in [0, 0.05) is 16.1 Å². The smallest absolute Gasteiger partial charge is 0.255 e. The third-order valence-corrected chi connectivity index (χ3v) is 3.87. The van der Waals surface area contributed by atoms with Crippen molar-refractivity contribution in [1.29, 1.82) is 0 Å². The number of hydrogen-bond acceptors (Lipinski definition) is 3. The van der Waals surface area contributed by atoms with Crippen LogP contribution >= 0.6 is 11.6 Å². The predicted octanol–water partition coefficient (Wildman–Crippen LogP) is 4.30. The molecule has 0 atom stereocenters. The van der Waals surface area contributed by atoms with E-state index < -0.39 is 0 Å². The number of anilines is 1. The molecule has 5 nitrogen and oxygen atoms in total. The molecule has 24 heavy (non-hydrogen) atoms. The number of nitrogens with one attached hydrogen (secondary N) is 2. The van der Waals surface area contributed by atoms with E-state index in [1.807, 2.05) is 31.2 Å². The van der Waals surface area contributed by atoms with Crippen LogP contribution in [0.15, 0.2) is 48.5 Å². The molecule has 122 valence electrons.